The maximum absolute atomic E-state index is 5.42. The minimum Gasteiger partial charge on any atom is -0.497 e. The molecule has 0 saturated heterocycles. The van der Waals surface area contributed by atoms with Crippen molar-refractivity contribution in [1.29, 1.82) is 0 Å². The van der Waals surface area contributed by atoms with Gasteiger partial charge in [0.2, 0.25) is 6.79 Å². The van der Waals surface area contributed by atoms with Crippen LogP contribution in [0.2, 0.25) is 0 Å². The van der Waals surface area contributed by atoms with Gasteiger partial charge < -0.3 is 19.2 Å². The molecule has 0 amide bonds. The number of nitrogens with one attached hydrogen (secondary N) is 2. The zero-order valence-corrected chi connectivity index (χ0v) is 13.4. The summed E-state index contributed by atoms with van der Waals surface area (Å²) < 4.78 is 16.0. The quantitative estimate of drug-likeness (QED) is 0.600. The van der Waals surface area contributed by atoms with Gasteiger partial charge in [0.15, 0.2) is 17.3 Å². The number of nitrogens with zero attached hydrogens (tertiary/aromatic N) is 2. The summed E-state index contributed by atoms with van der Waals surface area (Å²) in [6.45, 7) is 0.257. The van der Waals surface area contributed by atoms with Crippen LogP contribution in [-0.4, -0.2) is 34.1 Å². The fourth-order valence-electron chi connectivity index (χ4n) is 2.89. The highest BCUT2D eigenvalue weighted by Crippen LogP contribution is 2.36. The van der Waals surface area contributed by atoms with Gasteiger partial charge in [-0.1, -0.05) is 0 Å². The third-order valence-corrected chi connectivity index (χ3v) is 4.19. The van der Waals surface area contributed by atoms with E-state index in [9.17, 15) is 0 Å². The third kappa shape index (κ3) is 2.28. The summed E-state index contributed by atoms with van der Waals surface area (Å²) in [5, 5.41) is 7.42. The maximum Gasteiger partial charge on any atom is 0.231 e. The second-order valence-electron chi connectivity index (χ2n) is 5.70. The Labute approximate surface area is 142 Å². The van der Waals surface area contributed by atoms with E-state index in [2.05, 4.69) is 20.2 Å². The molecule has 7 nitrogen and oxygen atoms in total. The number of fused-ring (bicyclic) bond motifs is 2. The maximum atomic E-state index is 5.42. The van der Waals surface area contributed by atoms with Gasteiger partial charge in [-0.15, -0.1) is 0 Å². The van der Waals surface area contributed by atoms with Crippen molar-refractivity contribution >= 4 is 11.0 Å². The van der Waals surface area contributed by atoms with Gasteiger partial charge in [-0.2, -0.15) is 5.10 Å². The largest absolute Gasteiger partial charge is 0.497 e. The van der Waals surface area contributed by atoms with E-state index in [1.54, 1.807) is 7.11 Å². The first-order chi connectivity index (χ1) is 12.3. The van der Waals surface area contributed by atoms with Crippen molar-refractivity contribution in [2.75, 3.05) is 13.9 Å². The number of hydrogen-bond donors (Lipinski definition) is 2. The first-order valence-corrected chi connectivity index (χ1v) is 7.80. The second-order valence-corrected chi connectivity index (χ2v) is 5.70. The molecule has 0 unspecified atom stereocenters. The average Bonchev–Trinajstić information content (AvgIpc) is 3.37. The van der Waals surface area contributed by atoms with E-state index in [0.717, 1.165) is 51.1 Å². The molecular formula is C18H14N4O3. The number of H-pyrrole nitrogens is 2. The standard InChI is InChI=1S/C18H14N4O3/c1-23-11-3-4-12-14(7-11)20-18(19-12)15-8-13(21-22-15)10-2-5-16-17(6-10)25-9-24-16/h2-8H,9H2,1H3,(H,19,20)(H,21,22). The summed E-state index contributed by atoms with van der Waals surface area (Å²) in [6, 6.07) is 13.4. The van der Waals surface area contributed by atoms with Gasteiger partial charge in [-0.3, -0.25) is 5.10 Å². The smallest absolute Gasteiger partial charge is 0.231 e. The van der Waals surface area contributed by atoms with E-state index >= 15 is 0 Å². The number of ether oxygens (including phenoxy) is 3. The molecule has 0 saturated carbocycles. The number of imidazole rings is 1. The Balaban J connectivity index is 1.52. The monoisotopic (exact) mass is 334 g/mol. The van der Waals surface area contributed by atoms with Crippen molar-refractivity contribution in [3.05, 3.63) is 42.5 Å². The van der Waals surface area contributed by atoms with Gasteiger partial charge in [0, 0.05) is 11.6 Å². The van der Waals surface area contributed by atoms with Gasteiger partial charge in [0.1, 0.15) is 11.4 Å². The Morgan fingerprint density at radius 1 is 1.04 bits per heavy atom. The van der Waals surface area contributed by atoms with Crippen LogP contribution in [0.1, 0.15) is 0 Å². The van der Waals surface area contributed by atoms with E-state index in [4.69, 9.17) is 14.2 Å². The van der Waals surface area contributed by atoms with E-state index in [1.807, 2.05) is 42.5 Å². The minimum absolute atomic E-state index is 0.257. The van der Waals surface area contributed by atoms with Crippen molar-refractivity contribution in [2.24, 2.45) is 0 Å². The average molecular weight is 334 g/mol. The van der Waals surface area contributed by atoms with Crippen LogP contribution in [0.3, 0.4) is 0 Å². The predicted molar refractivity (Wildman–Crippen MR) is 91.8 cm³/mol. The lowest BCUT2D eigenvalue weighted by Gasteiger charge is -1.98. The van der Waals surface area contributed by atoms with E-state index in [-0.39, 0.29) is 6.79 Å². The number of benzene rings is 2. The fraction of sp³-hybridized carbons (Fsp3) is 0.111. The number of methoxy groups -OCH3 is 1. The molecule has 0 bridgehead atoms. The van der Waals surface area contributed by atoms with Gasteiger partial charge in [0.05, 0.1) is 23.8 Å². The van der Waals surface area contributed by atoms with Gasteiger partial charge in [0.25, 0.3) is 0 Å². The second kappa shape index (κ2) is 5.27. The zero-order valence-electron chi connectivity index (χ0n) is 13.4. The molecule has 0 radical (unpaired) electrons. The van der Waals surface area contributed by atoms with E-state index in [0.29, 0.717) is 0 Å². The Morgan fingerprint density at radius 3 is 2.88 bits per heavy atom. The summed E-state index contributed by atoms with van der Waals surface area (Å²) in [7, 11) is 1.64. The summed E-state index contributed by atoms with van der Waals surface area (Å²) >= 11 is 0. The minimum atomic E-state index is 0.257. The first kappa shape index (κ1) is 13.9. The molecule has 2 aromatic carbocycles. The van der Waals surface area contributed by atoms with Crippen LogP contribution in [0.15, 0.2) is 42.5 Å². The lowest BCUT2D eigenvalue weighted by Crippen LogP contribution is -1.92. The summed E-state index contributed by atoms with van der Waals surface area (Å²) in [4.78, 5) is 7.88. The Bertz CT molecular complexity index is 1080. The number of aromatic nitrogens is 4. The van der Waals surface area contributed by atoms with Crippen LogP contribution in [0, 0.1) is 0 Å². The molecule has 7 heteroatoms. The van der Waals surface area contributed by atoms with Crippen molar-refractivity contribution in [2.45, 2.75) is 0 Å². The Hall–Kier alpha value is -3.48. The molecule has 3 heterocycles. The van der Waals surface area contributed by atoms with Gasteiger partial charge in [-0.25, -0.2) is 4.98 Å². The highest BCUT2D eigenvalue weighted by Gasteiger charge is 2.16. The summed E-state index contributed by atoms with van der Waals surface area (Å²) in [5.41, 5.74) is 4.35. The number of rotatable bonds is 3. The molecule has 5 rings (SSSR count). The summed E-state index contributed by atoms with van der Waals surface area (Å²) in [6.07, 6.45) is 0. The zero-order chi connectivity index (χ0) is 16.8. The van der Waals surface area contributed by atoms with Gasteiger partial charge >= 0.3 is 0 Å². The number of aromatic amines is 2. The molecule has 1 aliphatic rings. The normalized spacial score (nSPS) is 12.7. The van der Waals surface area contributed by atoms with Crippen LogP contribution < -0.4 is 14.2 Å². The Morgan fingerprint density at radius 2 is 1.96 bits per heavy atom. The molecular weight excluding hydrogens is 320 g/mol. The van der Waals surface area contributed by atoms with Crippen LogP contribution in [-0.2, 0) is 0 Å². The number of hydrogen-bond acceptors (Lipinski definition) is 5. The van der Waals surface area contributed by atoms with Crippen molar-refractivity contribution in [3.8, 4) is 40.0 Å². The fourth-order valence-corrected chi connectivity index (χ4v) is 2.89. The molecule has 0 atom stereocenters. The van der Waals surface area contributed by atoms with E-state index in [1.165, 1.54) is 0 Å². The lowest BCUT2D eigenvalue weighted by molar-refractivity contribution is 0.174. The first-order valence-electron chi connectivity index (χ1n) is 7.80. The highest BCUT2D eigenvalue weighted by molar-refractivity contribution is 5.80. The molecule has 2 N–H and O–H groups in total. The molecule has 1 aliphatic heterocycles. The van der Waals surface area contributed by atoms with Crippen LogP contribution >= 0.6 is 0 Å². The molecule has 0 fully saturated rings. The van der Waals surface area contributed by atoms with Crippen LogP contribution in [0.25, 0.3) is 33.8 Å². The molecule has 2 aromatic heterocycles. The predicted octanol–water partition coefficient (Wildman–Crippen LogP) is 3.36. The Kier molecular flexibility index (Phi) is 2.93. The topological polar surface area (TPSA) is 85.0 Å². The van der Waals surface area contributed by atoms with Crippen molar-refractivity contribution in [1.82, 2.24) is 20.2 Å². The molecule has 4 aromatic rings. The van der Waals surface area contributed by atoms with Crippen molar-refractivity contribution in [3.63, 3.8) is 0 Å². The SMILES string of the molecule is COc1ccc2nc(-c3cc(-c4ccc5c(c4)OCO5)n[nH]3)[nH]c2c1. The molecule has 124 valence electrons. The van der Waals surface area contributed by atoms with Crippen LogP contribution in [0.5, 0.6) is 17.2 Å². The van der Waals surface area contributed by atoms with Crippen LogP contribution in [0.4, 0.5) is 0 Å². The highest BCUT2D eigenvalue weighted by atomic mass is 16.7. The summed E-state index contributed by atoms with van der Waals surface area (Å²) in [5.74, 6) is 3.00. The molecule has 25 heavy (non-hydrogen) atoms. The lowest BCUT2D eigenvalue weighted by atomic mass is 10.1. The third-order valence-electron chi connectivity index (χ3n) is 4.19. The molecule has 0 spiro atoms. The van der Waals surface area contributed by atoms with Gasteiger partial charge in [-0.05, 0) is 36.4 Å². The van der Waals surface area contributed by atoms with Crippen molar-refractivity contribution < 1.29 is 14.2 Å². The molecule has 0 aliphatic carbocycles. The van der Waals surface area contributed by atoms with E-state index < -0.39 is 0 Å².